The van der Waals surface area contributed by atoms with E-state index in [-0.39, 0.29) is 31.3 Å². The van der Waals surface area contributed by atoms with Crippen molar-refractivity contribution in [1.29, 1.82) is 5.26 Å². The van der Waals surface area contributed by atoms with E-state index in [0.717, 1.165) is 12.8 Å². The van der Waals surface area contributed by atoms with Gasteiger partial charge in [0.2, 0.25) is 11.8 Å². The van der Waals surface area contributed by atoms with Gasteiger partial charge in [-0.15, -0.1) is 10.2 Å². The number of pyridine rings is 1. The highest BCUT2D eigenvalue weighted by Crippen LogP contribution is 2.75. The Morgan fingerprint density at radius 2 is 1.94 bits per heavy atom. The SMILES string of the molecule is N#Cc1ccc(N2C[C@]3(c4nnc(C5CCOCC5)o4)C[C@]3(C(F)(F)F)C2)c2cccnc12. The number of anilines is 1. The molecular weight excluding hydrogens is 435 g/mol. The lowest BCUT2D eigenvalue weighted by molar-refractivity contribution is -0.187. The summed E-state index contributed by atoms with van der Waals surface area (Å²) in [6.07, 6.45) is -1.48. The zero-order valence-corrected chi connectivity index (χ0v) is 17.6. The maximum atomic E-state index is 14.4. The molecule has 33 heavy (non-hydrogen) atoms. The predicted octanol–water partition coefficient (Wildman–Crippen LogP) is 4.09. The standard InChI is InChI=1S/C23H20F3N5O2/c24-23(25,26)22-11-21(22,20-30-29-19(33-20)14-5-8-32-9-6-14)12-31(13-22)17-4-3-15(10-27)18-16(17)2-1-7-28-18/h1-4,7,14H,5-6,8-9,11-13H2/t21-,22-/m0/s1. The summed E-state index contributed by atoms with van der Waals surface area (Å²) in [5, 5.41) is 18.3. The third-order valence-electron chi connectivity index (χ3n) is 7.49. The number of hydrogen-bond acceptors (Lipinski definition) is 7. The van der Waals surface area contributed by atoms with Gasteiger partial charge in [0.15, 0.2) is 0 Å². The smallest absolute Gasteiger partial charge is 0.397 e. The zero-order chi connectivity index (χ0) is 22.8. The Bertz CT molecular complexity index is 1280. The fraction of sp³-hybridized carbons (Fsp3) is 0.478. The van der Waals surface area contributed by atoms with Crippen molar-refractivity contribution in [1.82, 2.24) is 15.2 Å². The Balaban J connectivity index is 1.40. The van der Waals surface area contributed by atoms with Crippen LogP contribution in [0, 0.1) is 16.7 Å². The normalized spacial score (nSPS) is 27.5. The number of nitriles is 1. The van der Waals surface area contributed by atoms with E-state index in [0.29, 0.717) is 41.3 Å². The summed E-state index contributed by atoms with van der Waals surface area (Å²) < 4.78 is 54.5. The molecule has 3 fully saturated rings. The van der Waals surface area contributed by atoms with Crippen molar-refractivity contribution in [3.05, 3.63) is 47.8 Å². The Morgan fingerprint density at radius 3 is 2.70 bits per heavy atom. The number of alkyl halides is 3. The lowest BCUT2D eigenvalue weighted by Crippen LogP contribution is -2.34. The fourth-order valence-electron chi connectivity index (χ4n) is 5.63. The van der Waals surface area contributed by atoms with Crippen molar-refractivity contribution < 1.29 is 22.3 Å². The van der Waals surface area contributed by atoms with Gasteiger partial charge in [-0.3, -0.25) is 4.98 Å². The first-order valence-electron chi connectivity index (χ1n) is 10.9. The number of hydrogen-bond donors (Lipinski definition) is 0. The number of nitrogens with zero attached hydrogens (tertiary/aromatic N) is 5. The molecule has 0 radical (unpaired) electrons. The third kappa shape index (κ3) is 2.81. The molecule has 6 rings (SSSR count). The van der Waals surface area contributed by atoms with Gasteiger partial charge in [-0.1, -0.05) is 0 Å². The molecule has 1 saturated carbocycles. The number of rotatable bonds is 3. The fourth-order valence-corrected chi connectivity index (χ4v) is 5.63. The molecule has 2 atom stereocenters. The van der Waals surface area contributed by atoms with E-state index >= 15 is 0 Å². The highest BCUT2D eigenvalue weighted by molar-refractivity contribution is 5.95. The molecule has 0 bridgehead atoms. The van der Waals surface area contributed by atoms with E-state index in [1.165, 1.54) is 0 Å². The van der Waals surface area contributed by atoms with Gasteiger partial charge in [0, 0.05) is 49.5 Å². The summed E-state index contributed by atoms with van der Waals surface area (Å²) in [5.74, 6) is 0.485. The minimum absolute atomic E-state index is 0.0153. The number of benzene rings is 1. The summed E-state index contributed by atoms with van der Waals surface area (Å²) in [4.78, 5) is 6.01. The monoisotopic (exact) mass is 455 g/mol. The molecule has 170 valence electrons. The Morgan fingerprint density at radius 1 is 1.12 bits per heavy atom. The second-order valence-electron chi connectivity index (χ2n) is 9.17. The molecule has 0 spiro atoms. The minimum Gasteiger partial charge on any atom is -0.424 e. The average Bonchev–Trinajstić information content (AvgIpc) is 3.15. The molecule has 2 aliphatic heterocycles. The van der Waals surface area contributed by atoms with Crippen molar-refractivity contribution in [2.24, 2.45) is 5.41 Å². The first kappa shape index (κ1) is 20.4. The second kappa shape index (κ2) is 6.90. The van der Waals surface area contributed by atoms with Crippen LogP contribution in [0.15, 0.2) is 34.9 Å². The molecule has 0 amide bonds. The summed E-state index contributed by atoms with van der Waals surface area (Å²) in [6.45, 7) is 1.06. The van der Waals surface area contributed by atoms with Gasteiger partial charge in [-0.25, -0.2) is 0 Å². The third-order valence-corrected chi connectivity index (χ3v) is 7.49. The van der Waals surface area contributed by atoms with Gasteiger partial charge >= 0.3 is 6.18 Å². The summed E-state index contributed by atoms with van der Waals surface area (Å²) >= 11 is 0. The van der Waals surface area contributed by atoms with Crippen LogP contribution < -0.4 is 4.90 Å². The molecular formula is C23H20F3N5O2. The lowest BCUT2D eigenvalue weighted by atomic mass is 9.95. The Labute approximate surface area is 187 Å². The van der Waals surface area contributed by atoms with Gasteiger partial charge in [0.25, 0.3) is 0 Å². The van der Waals surface area contributed by atoms with Crippen LogP contribution in [0.4, 0.5) is 18.9 Å². The van der Waals surface area contributed by atoms with Crippen LogP contribution in [0.5, 0.6) is 0 Å². The highest BCUT2D eigenvalue weighted by atomic mass is 19.4. The van der Waals surface area contributed by atoms with Crippen molar-refractivity contribution in [2.75, 3.05) is 31.2 Å². The summed E-state index contributed by atoms with van der Waals surface area (Å²) in [5.41, 5.74) is -1.73. The molecule has 2 saturated heterocycles. The van der Waals surface area contributed by atoms with Crippen molar-refractivity contribution >= 4 is 16.6 Å². The van der Waals surface area contributed by atoms with Crippen LogP contribution in [0.1, 0.15) is 42.5 Å². The Hall–Kier alpha value is -3.19. The molecule has 3 aromatic rings. The van der Waals surface area contributed by atoms with Gasteiger partial charge < -0.3 is 14.1 Å². The van der Waals surface area contributed by atoms with E-state index < -0.39 is 17.0 Å². The van der Waals surface area contributed by atoms with Gasteiger partial charge in [0.1, 0.15) is 11.5 Å². The predicted molar refractivity (Wildman–Crippen MR) is 111 cm³/mol. The topological polar surface area (TPSA) is 88.1 Å². The lowest BCUT2D eigenvalue weighted by Gasteiger charge is -2.25. The van der Waals surface area contributed by atoms with Gasteiger partial charge in [-0.2, -0.15) is 18.4 Å². The number of aromatic nitrogens is 3. The molecule has 0 N–H and O–H groups in total. The van der Waals surface area contributed by atoms with E-state index in [9.17, 15) is 18.4 Å². The van der Waals surface area contributed by atoms with Crippen LogP contribution in [0.2, 0.25) is 0 Å². The maximum absolute atomic E-state index is 14.4. The number of fused-ring (bicyclic) bond motifs is 2. The molecule has 2 aromatic heterocycles. The molecule has 4 heterocycles. The van der Waals surface area contributed by atoms with Crippen molar-refractivity contribution in [3.63, 3.8) is 0 Å². The first-order chi connectivity index (χ1) is 15.9. The van der Waals surface area contributed by atoms with E-state index in [1.807, 2.05) is 0 Å². The molecule has 7 nitrogen and oxygen atoms in total. The minimum atomic E-state index is -4.42. The second-order valence-corrected chi connectivity index (χ2v) is 9.17. The molecule has 3 aliphatic rings. The van der Waals surface area contributed by atoms with E-state index in [2.05, 4.69) is 21.3 Å². The number of ether oxygens (including phenoxy) is 1. The van der Waals surface area contributed by atoms with Crippen LogP contribution in [0.3, 0.4) is 0 Å². The summed E-state index contributed by atoms with van der Waals surface area (Å²) in [7, 11) is 0. The first-order valence-corrected chi connectivity index (χ1v) is 10.9. The Kier molecular flexibility index (Phi) is 4.27. The van der Waals surface area contributed by atoms with Crippen LogP contribution in [-0.2, 0) is 10.2 Å². The van der Waals surface area contributed by atoms with Crippen molar-refractivity contribution in [2.45, 2.75) is 36.8 Å². The average molecular weight is 455 g/mol. The van der Waals surface area contributed by atoms with Crippen LogP contribution >= 0.6 is 0 Å². The quantitative estimate of drug-likeness (QED) is 0.588. The molecule has 1 aliphatic carbocycles. The van der Waals surface area contributed by atoms with Crippen LogP contribution in [0.25, 0.3) is 10.9 Å². The largest absolute Gasteiger partial charge is 0.424 e. The van der Waals surface area contributed by atoms with E-state index in [1.54, 1.807) is 35.4 Å². The van der Waals surface area contributed by atoms with Crippen LogP contribution in [-0.4, -0.2) is 47.7 Å². The molecule has 1 aromatic carbocycles. The molecule has 0 unspecified atom stereocenters. The number of piperidine rings is 1. The van der Waals surface area contributed by atoms with E-state index in [4.69, 9.17) is 9.15 Å². The highest BCUT2D eigenvalue weighted by Gasteiger charge is 2.86. The molecule has 10 heteroatoms. The van der Waals surface area contributed by atoms with Crippen molar-refractivity contribution in [3.8, 4) is 6.07 Å². The maximum Gasteiger partial charge on any atom is 0.397 e. The zero-order valence-electron chi connectivity index (χ0n) is 17.6. The van der Waals surface area contributed by atoms with Gasteiger partial charge in [-0.05, 0) is 43.5 Å². The number of halogens is 3. The van der Waals surface area contributed by atoms with Gasteiger partial charge in [0.05, 0.1) is 16.5 Å². The summed E-state index contributed by atoms with van der Waals surface area (Å²) in [6, 6.07) is 8.91.